The molecule has 3 rings (SSSR count). The van der Waals surface area contributed by atoms with Gasteiger partial charge < -0.3 is 15.5 Å². The molecule has 0 radical (unpaired) electrons. The molecule has 2 heterocycles. The molecule has 0 amide bonds. The van der Waals surface area contributed by atoms with Gasteiger partial charge in [-0.1, -0.05) is 0 Å². The van der Waals surface area contributed by atoms with Gasteiger partial charge in [0.2, 0.25) is 5.89 Å². The summed E-state index contributed by atoms with van der Waals surface area (Å²) in [5.41, 5.74) is 7.69. The number of aryl methyl sites for hydroxylation is 1. The van der Waals surface area contributed by atoms with Gasteiger partial charge in [0.05, 0.1) is 6.20 Å². The lowest BCUT2D eigenvalue weighted by atomic mass is 10.1. The standard InChI is InChI=1S/C15H16N4O/c1-9-7-18-15(20-9)10(2)19-14-4-3-13(16)11-5-6-17-8-12(11)14/h3-8,10,19H,16H2,1-2H3. The Kier molecular flexibility index (Phi) is 3.02. The van der Waals surface area contributed by atoms with Crippen molar-refractivity contribution < 1.29 is 4.42 Å². The van der Waals surface area contributed by atoms with E-state index in [1.54, 1.807) is 12.4 Å². The predicted molar refractivity (Wildman–Crippen MR) is 79.4 cm³/mol. The fourth-order valence-electron chi connectivity index (χ4n) is 2.21. The Balaban J connectivity index is 1.97. The molecule has 102 valence electrons. The molecule has 1 aromatic carbocycles. The number of pyridine rings is 1. The van der Waals surface area contributed by atoms with Crippen molar-refractivity contribution in [3.8, 4) is 0 Å². The smallest absolute Gasteiger partial charge is 0.216 e. The van der Waals surface area contributed by atoms with E-state index < -0.39 is 0 Å². The van der Waals surface area contributed by atoms with Crippen molar-refractivity contribution in [3.63, 3.8) is 0 Å². The molecule has 3 N–H and O–H groups in total. The van der Waals surface area contributed by atoms with E-state index in [1.165, 1.54) is 0 Å². The number of fused-ring (bicyclic) bond motifs is 1. The summed E-state index contributed by atoms with van der Waals surface area (Å²) in [4.78, 5) is 8.40. The minimum Gasteiger partial charge on any atom is -0.444 e. The third-order valence-corrected chi connectivity index (χ3v) is 3.23. The highest BCUT2D eigenvalue weighted by molar-refractivity contribution is 6.00. The second-order valence-corrected chi connectivity index (χ2v) is 4.80. The lowest BCUT2D eigenvalue weighted by Gasteiger charge is -2.14. The number of nitrogens with zero attached hydrogens (tertiary/aromatic N) is 2. The van der Waals surface area contributed by atoms with E-state index in [1.807, 2.05) is 38.2 Å². The number of nitrogens with two attached hydrogens (primary N) is 1. The normalized spacial score (nSPS) is 12.5. The average Bonchev–Trinajstić information content (AvgIpc) is 2.89. The number of nitrogen functional groups attached to an aromatic ring is 1. The van der Waals surface area contributed by atoms with Crippen LogP contribution in [-0.2, 0) is 0 Å². The Hall–Kier alpha value is -2.56. The molecule has 0 aliphatic heterocycles. The molecular formula is C15H16N4O. The Morgan fingerprint density at radius 2 is 2.05 bits per heavy atom. The second-order valence-electron chi connectivity index (χ2n) is 4.80. The van der Waals surface area contributed by atoms with Gasteiger partial charge in [-0.15, -0.1) is 0 Å². The highest BCUT2D eigenvalue weighted by Crippen LogP contribution is 2.29. The van der Waals surface area contributed by atoms with Crippen LogP contribution in [0.5, 0.6) is 0 Å². The van der Waals surface area contributed by atoms with E-state index in [4.69, 9.17) is 10.2 Å². The topological polar surface area (TPSA) is 77.0 Å². The van der Waals surface area contributed by atoms with Crippen molar-refractivity contribution in [2.24, 2.45) is 0 Å². The number of aromatic nitrogens is 2. The third kappa shape index (κ3) is 2.18. The zero-order chi connectivity index (χ0) is 14.1. The molecule has 0 saturated carbocycles. The summed E-state index contributed by atoms with van der Waals surface area (Å²) < 4.78 is 5.54. The van der Waals surface area contributed by atoms with Gasteiger partial charge in [-0.05, 0) is 32.0 Å². The second kappa shape index (κ2) is 4.85. The zero-order valence-corrected chi connectivity index (χ0v) is 11.4. The minimum atomic E-state index is -0.0317. The van der Waals surface area contributed by atoms with Gasteiger partial charge in [0.25, 0.3) is 0 Å². The van der Waals surface area contributed by atoms with Crippen LogP contribution >= 0.6 is 0 Å². The number of hydrogen-bond donors (Lipinski definition) is 2. The summed E-state index contributed by atoms with van der Waals surface area (Å²) in [6.45, 7) is 3.88. The number of anilines is 2. The molecular weight excluding hydrogens is 252 g/mol. The van der Waals surface area contributed by atoms with Crippen LogP contribution in [0.4, 0.5) is 11.4 Å². The van der Waals surface area contributed by atoms with Crippen LogP contribution in [0.25, 0.3) is 10.8 Å². The minimum absolute atomic E-state index is 0.0317. The van der Waals surface area contributed by atoms with Gasteiger partial charge in [-0.2, -0.15) is 0 Å². The maximum Gasteiger partial charge on any atom is 0.216 e. The number of oxazole rings is 1. The SMILES string of the molecule is Cc1cnc(C(C)Nc2ccc(N)c3ccncc23)o1. The summed E-state index contributed by atoms with van der Waals surface area (Å²) in [5, 5.41) is 5.37. The van der Waals surface area contributed by atoms with E-state index in [0.717, 1.165) is 27.9 Å². The van der Waals surface area contributed by atoms with Crippen LogP contribution in [0, 0.1) is 6.92 Å². The predicted octanol–water partition coefficient (Wildman–Crippen LogP) is 3.29. The van der Waals surface area contributed by atoms with Gasteiger partial charge in [-0.25, -0.2) is 4.98 Å². The largest absolute Gasteiger partial charge is 0.444 e. The molecule has 0 fully saturated rings. The van der Waals surface area contributed by atoms with E-state index in [2.05, 4.69) is 15.3 Å². The molecule has 20 heavy (non-hydrogen) atoms. The lowest BCUT2D eigenvalue weighted by molar-refractivity contribution is 0.454. The first kappa shape index (κ1) is 12.5. The average molecular weight is 268 g/mol. The fourth-order valence-corrected chi connectivity index (χ4v) is 2.21. The Labute approximate surface area is 116 Å². The van der Waals surface area contributed by atoms with Crippen LogP contribution in [0.15, 0.2) is 41.2 Å². The van der Waals surface area contributed by atoms with Gasteiger partial charge >= 0.3 is 0 Å². The highest BCUT2D eigenvalue weighted by Gasteiger charge is 2.13. The quantitative estimate of drug-likeness (QED) is 0.713. The molecule has 3 aromatic rings. The Morgan fingerprint density at radius 1 is 1.20 bits per heavy atom. The van der Waals surface area contributed by atoms with Gasteiger partial charge in [0, 0.05) is 34.5 Å². The molecule has 1 unspecified atom stereocenters. The van der Waals surface area contributed by atoms with Crippen molar-refractivity contribution >= 4 is 22.1 Å². The number of hydrogen-bond acceptors (Lipinski definition) is 5. The molecule has 0 aliphatic rings. The summed E-state index contributed by atoms with van der Waals surface area (Å²) >= 11 is 0. The first-order valence-corrected chi connectivity index (χ1v) is 6.46. The van der Waals surface area contributed by atoms with Crippen molar-refractivity contribution in [2.75, 3.05) is 11.1 Å². The number of rotatable bonds is 3. The van der Waals surface area contributed by atoms with Crippen LogP contribution in [-0.4, -0.2) is 9.97 Å². The molecule has 5 nitrogen and oxygen atoms in total. The lowest BCUT2D eigenvalue weighted by Crippen LogP contribution is -2.07. The molecule has 1 atom stereocenters. The molecule has 0 saturated heterocycles. The summed E-state index contributed by atoms with van der Waals surface area (Å²) in [6.07, 6.45) is 5.26. The maximum absolute atomic E-state index is 5.98. The third-order valence-electron chi connectivity index (χ3n) is 3.23. The van der Waals surface area contributed by atoms with Crippen LogP contribution in [0.2, 0.25) is 0 Å². The molecule has 0 bridgehead atoms. The van der Waals surface area contributed by atoms with E-state index >= 15 is 0 Å². The fraction of sp³-hybridized carbons (Fsp3) is 0.200. The van der Waals surface area contributed by atoms with Crippen LogP contribution in [0.1, 0.15) is 24.6 Å². The van der Waals surface area contributed by atoms with Crippen LogP contribution < -0.4 is 11.1 Å². The first-order valence-electron chi connectivity index (χ1n) is 6.46. The Bertz CT molecular complexity index is 750. The first-order chi connectivity index (χ1) is 9.65. The van der Waals surface area contributed by atoms with Crippen LogP contribution in [0.3, 0.4) is 0 Å². The summed E-state index contributed by atoms with van der Waals surface area (Å²) in [7, 11) is 0. The van der Waals surface area contributed by atoms with Gasteiger partial charge in [0.15, 0.2) is 0 Å². The number of nitrogens with one attached hydrogen (secondary N) is 1. The van der Waals surface area contributed by atoms with Crippen molar-refractivity contribution in [3.05, 3.63) is 48.4 Å². The molecule has 5 heteroatoms. The van der Waals surface area contributed by atoms with E-state index in [9.17, 15) is 0 Å². The Morgan fingerprint density at radius 3 is 2.80 bits per heavy atom. The van der Waals surface area contributed by atoms with Crippen molar-refractivity contribution in [2.45, 2.75) is 19.9 Å². The molecule has 2 aromatic heterocycles. The molecule has 0 spiro atoms. The van der Waals surface area contributed by atoms with Crippen molar-refractivity contribution in [1.29, 1.82) is 0 Å². The van der Waals surface area contributed by atoms with Gasteiger partial charge in [0.1, 0.15) is 11.8 Å². The summed E-state index contributed by atoms with van der Waals surface area (Å²) in [6, 6.07) is 5.72. The number of benzene rings is 1. The highest BCUT2D eigenvalue weighted by atomic mass is 16.4. The van der Waals surface area contributed by atoms with Crippen molar-refractivity contribution in [1.82, 2.24) is 9.97 Å². The van der Waals surface area contributed by atoms with E-state index in [-0.39, 0.29) is 6.04 Å². The van der Waals surface area contributed by atoms with E-state index in [0.29, 0.717) is 5.89 Å². The monoisotopic (exact) mass is 268 g/mol. The molecule has 0 aliphatic carbocycles. The van der Waals surface area contributed by atoms with Gasteiger partial charge in [-0.3, -0.25) is 4.98 Å². The maximum atomic E-state index is 5.98. The summed E-state index contributed by atoms with van der Waals surface area (Å²) in [5.74, 6) is 1.47. The zero-order valence-electron chi connectivity index (χ0n) is 11.4.